The van der Waals surface area contributed by atoms with Crippen molar-refractivity contribution in [1.82, 2.24) is 9.21 Å². The van der Waals surface area contributed by atoms with Crippen molar-refractivity contribution in [1.29, 1.82) is 0 Å². The molecule has 0 unspecified atom stereocenters. The Balaban J connectivity index is 2.43. The topological polar surface area (TPSA) is 92.7 Å². The molecule has 0 aliphatic carbocycles. The van der Waals surface area contributed by atoms with Crippen LogP contribution in [0.25, 0.3) is 0 Å². The van der Waals surface area contributed by atoms with Gasteiger partial charge >= 0.3 is 0 Å². The lowest BCUT2D eigenvalue weighted by Gasteiger charge is -2.34. The van der Waals surface area contributed by atoms with Gasteiger partial charge in [0, 0.05) is 32.7 Å². The molecule has 0 aromatic rings. The predicted molar refractivity (Wildman–Crippen MR) is 59.6 cm³/mol. The molecule has 4 N–H and O–H groups in total. The van der Waals surface area contributed by atoms with E-state index in [4.69, 9.17) is 11.5 Å². The zero-order valence-corrected chi connectivity index (χ0v) is 9.91. The summed E-state index contributed by atoms with van der Waals surface area (Å²) in [5.74, 6) is 0.170. The molecule has 1 aliphatic rings. The van der Waals surface area contributed by atoms with Crippen molar-refractivity contribution in [3.05, 3.63) is 0 Å². The summed E-state index contributed by atoms with van der Waals surface area (Å²) >= 11 is 0. The van der Waals surface area contributed by atoms with Crippen molar-refractivity contribution in [3.63, 3.8) is 0 Å². The molecule has 0 aromatic carbocycles. The monoisotopic (exact) mass is 236 g/mol. The quantitative estimate of drug-likeness (QED) is 0.562. The summed E-state index contributed by atoms with van der Waals surface area (Å²) in [6.07, 6.45) is -0.348. The van der Waals surface area contributed by atoms with Gasteiger partial charge in [0.2, 0.25) is 10.0 Å². The number of hydrogen-bond donors (Lipinski definition) is 2. The number of nitrogens with two attached hydrogens (primary N) is 2. The van der Waals surface area contributed by atoms with E-state index >= 15 is 0 Å². The fourth-order valence-electron chi connectivity index (χ4n) is 1.67. The van der Waals surface area contributed by atoms with Crippen molar-refractivity contribution >= 4 is 10.0 Å². The highest BCUT2D eigenvalue weighted by atomic mass is 32.2. The van der Waals surface area contributed by atoms with Crippen molar-refractivity contribution in [2.24, 2.45) is 11.5 Å². The summed E-state index contributed by atoms with van der Waals surface area (Å²) in [6, 6.07) is 0. The Hall–Kier alpha value is -0.210. The van der Waals surface area contributed by atoms with Gasteiger partial charge in [0.25, 0.3) is 0 Å². The molecule has 0 aromatic heterocycles. The highest BCUT2D eigenvalue weighted by Gasteiger charge is 2.25. The van der Waals surface area contributed by atoms with E-state index in [1.807, 2.05) is 0 Å². The molecule has 0 saturated carbocycles. The van der Waals surface area contributed by atoms with Crippen LogP contribution in [-0.4, -0.2) is 62.3 Å². The van der Waals surface area contributed by atoms with Crippen LogP contribution < -0.4 is 11.5 Å². The summed E-state index contributed by atoms with van der Waals surface area (Å²) in [6.45, 7) is 4.80. The first-order valence-electron chi connectivity index (χ1n) is 5.17. The summed E-state index contributed by atoms with van der Waals surface area (Å²) in [5.41, 5.74) is 10.9. The minimum Gasteiger partial charge on any atom is -0.315 e. The lowest BCUT2D eigenvalue weighted by molar-refractivity contribution is 0.180. The van der Waals surface area contributed by atoms with Crippen molar-refractivity contribution in [2.75, 3.05) is 38.5 Å². The maximum absolute atomic E-state index is 11.5. The number of sulfonamides is 1. The second-order valence-electron chi connectivity index (χ2n) is 3.76. The SMILES string of the molecule is CCS(=O)(=O)N1CCN(CC(N)N)CC1. The van der Waals surface area contributed by atoms with Gasteiger partial charge in [-0.2, -0.15) is 4.31 Å². The molecular weight excluding hydrogens is 216 g/mol. The van der Waals surface area contributed by atoms with E-state index in [0.717, 1.165) is 0 Å². The van der Waals surface area contributed by atoms with Gasteiger partial charge in [-0.15, -0.1) is 0 Å². The van der Waals surface area contributed by atoms with Crippen LogP contribution in [0.1, 0.15) is 6.92 Å². The van der Waals surface area contributed by atoms with Crippen LogP contribution in [0.4, 0.5) is 0 Å². The van der Waals surface area contributed by atoms with E-state index < -0.39 is 10.0 Å². The van der Waals surface area contributed by atoms with Gasteiger partial charge < -0.3 is 11.5 Å². The van der Waals surface area contributed by atoms with Crippen LogP contribution >= 0.6 is 0 Å². The van der Waals surface area contributed by atoms with Gasteiger partial charge in [0.1, 0.15) is 0 Å². The van der Waals surface area contributed by atoms with Gasteiger partial charge in [-0.1, -0.05) is 0 Å². The maximum Gasteiger partial charge on any atom is 0.213 e. The van der Waals surface area contributed by atoms with Crippen LogP contribution in [0.5, 0.6) is 0 Å². The maximum atomic E-state index is 11.5. The zero-order chi connectivity index (χ0) is 11.5. The molecule has 1 aliphatic heterocycles. The Morgan fingerprint density at radius 1 is 1.20 bits per heavy atom. The fourth-order valence-corrected chi connectivity index (χ4v) is 2.76. The summed E-state index contributed by atoms with van der Waals surface area (Å²) < 4.78 is 24.6. The lowest BCUT2D eigenvalue weighted by atomic mass is 10.3. The highest BCUT2D eigenvalue weighted by Crippen LogP contribution is 2.07. The number of hydrogen-bond acceptors (Lipinski definition) is 5. The van der Waals surface area contributed by atoms with Gasteiger partial charge in [0.05, 0.1) is 11.9 Å². The molecule has 0 spiro atoms. The zero-order valence-electron chi connectivity index (χ0n) is 9.09. The predicted octanol–water partition coefficient (Wildman–Crippen LogP) is -1.80. The minimum absolute atomic E-state index is 0.170. The lowest BCUT2D eigenvalue weighted by Crippen LogP contribution is -2.53. The molecule has 1 heterocycles. The first-order valence-corrected chi connectivity index (χ1v) is 6.78. The first kappa shape index (κ1) is 12.9. The normalized spacial score (nSPS) is 21.1. The molecule has 0 amide bonds. The molecule has 0 bridgehead atoms. The highest BCUT2D eigenvalue weighted by molar-refractivity contribution is 7.89. The van der Waals surface area contributed by atoms with Crippen LogP contribution in [0.15, 0.2) is 0 Å². The van der Waals surface area contributed by atoms with Gasteiger partial charge in [0.15, 0.2) is 0 Å². The first-order chi connectivity index (χ1) is 6.95. The largest absolute Gasteiger partial charge is 0.315 e. The van der Waals surface area contributed by atoms with Crippen LogP contribution in [0, 0.1) is 0 Å². The van der Waals surface area contributed by atoms with Crippen molar-refractivity contribution in [3.8, 4) is 0 Å². The summed E-state index contributed by atoms with van der Waals surface area (Å²) in [7, 11) is -3.03. The van der Waals surface area contributed by atoms with E-state index in [9.17, 15) is 8.42 Å². The molecule has 1 fully saturated rings. The molecule has 7 heteroatoms. The molecule has 0 radical (unpaired) electrons. The third kappa shape index (κ3) is 3.69. The third-order valence-electron chi connectivity index (χ3n) is 2.56. The fraction of sp³-hybridized carbons (Fsp3) is 1.00. The second-order valence-corrected chi connectivity index (χ2v) is 6.02. The Morgan fingerprint density at radius 3 is 2.13 bits per heavy atom. The van der Waals surface area contributed by atoms with Crippen LogP contribution in [-0.2, 0) is 10.0 Å². The molecule has 15 heavy (non-hydrogen) atoms. The molecule has 0 atom stereocenters. The van der Waals surface area contributed by atoms with Crippen LogP contribution in [0.3, 0.4) is 0 Å². The molecular formula is C8H20N4O2S. The van der Waals surface area contributed by atoms with E-state index in [-0.39, 0.29) is 11.9 Å². The second kappa shape index (κ2) is 5.22. The Bertz CT molecular complexity index is 283. The molecule has 90 valence electrons. The molecule has 1 rings (SSSR count). The average Bonchev–Trinajstić information content (AvgIpc) is 2.18. The van der Waals surface area contributed by atoms with Crippen molar-refractivity contribution < 1.29 is 8.42 Å². The Labute approximate surface area is 91.2 Å². The summed E-state index contributed by atoms with van der Waals surface area (Å²) in [4.78, 5) is 2.09. The number of piperazine rings is 1. The number of rotatable bonds is 4. The summed E-state index contributed by atoms with van der Waals surface area (Å²) in [5, 5.41) is 0. The van der Waals surface area contributed by atoms with Gasteiger partial charge in [-0.05, 0) is 6.92 Å². The van der Waals surface area contributed by atoms with Gasteiger partial charge in [-0.25, -0.2) is 8.42 Å². The minimum atomic E-state index is -3.03. The van der Waals surface area contributed by atoms with E-state index in [0.29, 0.717) is 32.7 Å². The smallest absolute Gasteiger partial charge is 0.213 e. The molecule has 6 nitrogen and oxygen atoms in total. The number of nitrogens with zero attached hydrogens (tertiary/aromatic N) is 2. The van der Waals surface area contributed by atoms with E-state index in [1.54, 1.807) is 6.92 Å². The standard InChI is InChI=1S/C8H20N4O2S/c1-2-15(13,14)12-5-3-11(4-6-12)7-8(9)10/h8H,2-7,9-10H2,1H3. The molecule has 1 saturated heterocycles. The van der Waals surface area contributed by atoms with E-state index in [2.05, 4.69) is 4.90 Å². The Kier molecular flexibility index (Phi) is 4.47. The van der Waals surface area contributed by atoms with Crippen LogP contribution in [0.2, 0.25) is 0 Å². The average molecular weight is 236 g/mol. The third-order valence-corrected chi connectivity index (χ3v) is 4.44. The van der Waals surface area contributed by atoms with E-state index in [1.165, 1.54) is 4.31 Å². The van der Waals surface area contributed by atoms with Crippen molar-refractivity contribution in [2.45, 2.75) is 13.1 Å². The van der Waals surface area contributed by atoms with Gasteiger partial charge in [-0.3, -0.25) is 4.90 Å². The Morgan fingerprint density at radius 2 is 1.73 bits per heavy atom.